The first-order chi connectivity index (χ1) is 8.93. The van der Waals surface area contributed by atoms with Gasteiger partial charge < -0.3 is 14.3 Å². The number of halogens is 2. The highest BCUT2D eigenvalue weighted by Gasteiger charge is 2.31. The Balaban J connectivity index is 2.52. The number of carbonyl (C=O) groups is 1. The second kappa shape index (κ2) is 5.15. The molecule has 1 aliphatic heterocycles. The zero-order valence-electron chi connectivity index (χ0n) is 10.9. The van der Waals surface area contributed by atoms with Gasteiger partial charge in [0.15, 0.2) is 11.5 Å². The van der Waals surface area contributed by atoms with Crippen LogP contribution in [0.3, 0.4) is 0 Å². The SMILES string of the molecule is CC(CC=O)c1cc2c(cc1C(C)(F)F)OCCO2. The molecule has 0 saturated carbocycles. The molecule has 5 heteroatoms. The Morgan fingerprint density at radius 1 is 1.32 bits per heavy atom. The summed E-state index contributed by atoms with van der Waals surface area (Å²) in [5, 5.41) is 0. The number of ether oxygens (including phenoxy) is 2. The molecule has 0 fully saturated rings. The van der Waals surface area contributed by atoms with Crippen LogP contribution in [0, 0.1) is 0 Å². The number of aldehydes is 1. The van der Waals surface area contributed by atoms with Crippen LogP contribution in [-0.4, -0.2) is 19.5 Å². The summed E-state index contributed by atoms with van der Waals surface area (Å²) in [5.41, 5.74) is 0.329. The summed E-state index contributed by atoms with van der Waals surface area (Å²) < 4.78 is 38.1. The summed E-state index contributed by atoms with van der Waals surface area (Å²) in [6.07, 6.45) is 0.932. The summed E-state index contributed by atoms with van der Waals surface area (Å²) in [6.45, 7) is 3.34. The molecule has 0 saturated heterocycles. The fraction of sp³-hybridized carbons (Fsp3) is 0.500. The van der Waals surface area contributed by atoms with Crippen LogP contribution in [-0.2, 0) is 10.7 Å². The molecule has 0 spiro atoms. The van der Waals surface area contributed by atoms with E-state index in [0.29, 0.717) is 30.3 Å². The van der Waals surface area contributed by atoms with Crippen molar-refractivity contribution in [3.8, 4) is 11.5 Å². The van der Waals surface area contributed by atoms with E-state index in [9.17, 15) is 13.6 Å². The maximum absolute atomic E-state index is 13.7. The highest BCUT2D eigenvalue weighted by molar-refractivity contribution is 5.55. The Morgan fingerprint density at radius 3 is 2.42 bits per heavy atom. The van der Waals surface area contributed by atoms with Crippen LogP contribution in [0.5, 0.6) is 11.5 Å². The van der Waals surface area contributed by atoms with Crippen molar-refractivity contribution < 1.29 is 23.0 Å². The Hall–Kier alpha value is -1.65. The van der Waals surface area contributed by atoms with E-state index in [4.69, 9.17) is 9.47 Å². The standard InChI is InChI=1S/C14H16F2O3/c1-9(3-4-17)10-7-12-13(19-6-5-18-12)8-11(10)14(2,15)16/h4,7-9H,3,5-6H2,1-2H3. The number of hydrogen-bond donors (Lipinski definition) is 0. The molecule has 1 atom stereocenters. The first kappa shape index (κ1) is 13.8. The fourth-order valence-corrected chi connectivity index (χ4v) is 2.16. The molecular formula is C14H16F2O3. The minimum atomic E-state index is -2.98. The monoisotopic (exact) mass is 270 g/mol. The topological polar surface area (TPSA) is 35.5 Å². The third-order valence-electron chi connectivity index (χ3n) is 3.17. The normalized spacial score (nSPS) is 16.0. The van der Waals surface area contributed by atoms with Crippen LogP contribution < -0.4 is 9.47 Å². The zero-order valence-corrected chi connectivity index (χ0v) is 10.9. The molecule has 19 heavy (non-hydrogen) atoms. The molecule has 0 aromatic heterocycles. The van der Waals surface area contributed by atoms with Crippen molar-refractivity contribution in [2.24, 2.45) is 0 Å². The number of hydrogen-bond acceptors (Lipinski definition) is 3. The largest absolute Gasteiger partial charge is 0.486 e. The summed E-state index contributed by atoms with van der Waals surface area (Å²) in [4.78, 5) is 10.6. The molecule has 0 amide bonds. The lowest BCUT2D eigenvalue weighted by Gasteiger charge is -2.25. The second-order valence-corrected chi connectivity index (χ2v) is 4.77. The molecule has 0 bridgehead atoms. The van der Waals surface area contributed by atoms with Gasteiger partial charge in [0.1, 0.15) is 19.5 Å². The Kier molecular flexibility index (Phi) is 3.73. The molecule has 3 nitrogen and oxygen atoms in total. The van der Waals surface area contributed by atoms with Crippen LogP contribution in [0.15, 0.2) is 12.1 Å². The lowest BCUT2D eigenvalue weighted by molar-refractivity contribution is -0.108. The smallest absolute Gasteiger partial charge is 0.270 e. The lowest BCUT2D eigenvalue weighted by Crippen LogP contribution is -2.19. The number of carbonyl (C=O) groups excluding carboxylic acids is 1. The predicted molar refractivity (Wildman–Crippen MR) is 66.1 cm³/mol. The molecule has 0 N–H and O–H groups in total. The van der Waals surface area contributed by atoms with E-state index in [0.717, 1.165) is 13.2 Å². The van der Waals surface area contributed by atoms with Gasteiger partial charge in [0, 0.05) is 18.9 Å². The van der Waals surface area contributed by atoms with Crippen molar-refractivity contribution in [1.82, 2.24) is 0 Å². The van der Waals surface area contributed by atoms with E-state index in [1.807, 2.05) is 0 Å². The van der Waals surface area contributed by atoms with Gasteiger partial charge in [0.2, 0.25) is 0 Å². The third kappa shape index (κ3) is 2.85. The van der Waals surface area contributed by atoms with Crippen LogP contribution in [0.2, 0.25) is 0 Å². The van der Waals surface area contributed by atoms with Gasteiger partial charge >= 0.3 is 0 Å². The van der Waals surface area contributed by atoms with Gasteiger partial charge in [-0.2, -0.15) is 0 Å². The Labute approximate surface area is 110 Å². The minimum Gasteiger partial charge on any atom is -0.486 e. The van der Waals surface area contributed by atoms with Gasteiger partial charge in [-0.1, -0.05) is 6.92 Å². The average Bonchev–Trinajstić information content (AvgIpc) is 2.36. The van der Waals surface area contributed by atoms with Crippen molar-refractivity contribution in [3.63, 3.8) is 0 Å². The molecule has 0 aliphatic carbocycles. The number of rotatable bonds is 4. The van der Waals surface area contributed by atoms with E-state index < -0.39 is 5.92 Å². The van der Waals surface area contributed by atoms with Crippen LogP contribution in [0.4, 0.5) is 8.78 Å². The van der Waals surface area contributed by atoms with Crippen molar-refractivity contribution in [1.29, 1.82) is 0 Å². The van der Waals surface area contributed by atoms with E-state index in [1.54, 1.807) is 13.0 Å². The Morgan fingerprint density at radius 2 is 1.89 bits per heavy atom. The minimum absolute atomic E-state index is 0.105. The van der Waals surface area contributed by atoms with Gasteiger partial charge in [-0.05, 0) is 23.6 Å². The van der Waals surface area contributed by atoms with Gasteiger partial charge in [-0.25, -0.2) is 8.78 Å². The molecule has 1 aromatic rings. The van der Waals surface area contributed by atoms with Crippen LogP contribution in [0.1, 0.15) is 37.3 Å². The predicted octanol–water partition coefficient (Wildman–Crippen LogP) is 3.26. The maximum Gasteiger partial charge on any atom is 0.270 e. The van der Waals surface area contributed by atoms with Gasteiger partial charge in [-0.3, -0.25) is 0 Å². The quantitative estimate of drug-likeness (QED) is 0.788. The first-order valence-electron chi connectivity index (χ1n) is 6.19. The molecule has 0 radical (unpaired) electrons. The number of benzene rings is 1. The molecule has 104 valence electrons. The van der Waals surface area contributed by atoms with Crippen molar-refractivity contribution in [2.45, 2.75) is 32.1 Å². The average molecular weight is 270 g/mol. The Bertz CT molecular complexity index is 480. The summed E-state index contributed by atoms with van der Waals surface area (Å²) in [5.74, 6) is -2.46. The molecule has 1 unspecified atom stereocenters. The van der Waals surface area contributed by atoms with Crippen molar-refractivity contribution >= 4 is 6.29 Å². The zero-order chi connectivity index (χ0) is 14.0. The van der Waals surface area contributed by atoms with Gasteiger partial charge in [-0.15, -0.1) is 0 Å². The van der Waals surface area contributed by atoms with Crippen molar-refractivity contribution in [2.75, 3.05) is 13.2 Å². The number of alkyl halides is 2. The van der Waals surface area contributed by atoms with E-state index in [1.165, 1.54) is 6.07 Å². The summed E-state index contributed by atoms with van der Waals surface area (Å²) in [7, 11) is 0. The maximum atomic E-state index is 13.7. The van der Waals surface area contributed by atoms with E-state index >= 15 is 0 Å². The molecule has 1 aromatic carbocycles. The second-order valence-electron chi connectivity index (χ2n) is 4.77. The molecule has 1 aliphatic rings. The van der Waals surface area contributed by atoms with Crippen LogP contribution in [0.25, 0.3) is 0 Å². The first-order valence-corrected chi connectivity index (χ1v) is 6.19. The van der Waals surface area contributed by atoms with Crippen molar-refractivity contribution in [3.05, 3.63) is 23.3 Å². The van der Waals surface area contributed by atoms with E-state index in [-0.39, 0.29) is 17.9 Å². The lowest BCUT2D eigenvalue weighted by atomic mass is 9.90. The molecule has 1 heterocycles. The van der Waals surface area contributed by atoms with Gasteiger partial charge in [0.25, 0.3) is 5.92 Å². The highest BCUT2D eigenvalue weighted by atomic mass is 19.3. The molecular weight excluding hydrogens is 254 g/mol. The number of fused-ring (bicyclic) bond motifs is 1. The van der Waals surface area contributed by atoms with E-state index in [2.05, 4.69) is 0 Å². The van der Waals surface area contributed by atoms with Gasteiger partial charge in [0.05, 0.1) is 0 Å². The van der Waals surface area contributed by atoms with Crippen LogP contribution >= 0.6 is 0 Å². The fourth-order valence-electron chi connectivity index (χ4n) is 2.16. The molecule has 2 rings (SSSR count). The summed E-state index contributed by atoms with van der Waals surface area (Å²) >= 11 is 0. The highest BCUT2D eigenvalue weighted by Crippen LogP contribution is 2.42. The third-order valence-corrected chi connectivity index (χ3v) is 3.17. The summed E-state index contributed by atoms with van der Waals surface area (Å²) in [6, 6.07) is 2.89.